The monoisotopic (exact) mass is 375 g/mol. The summed E-state index contributed by atoms with van der Waals surface area (Å²) in [5.74, 6) is 0.910. The first-order chi connectivity index (χ1) is 12.6. The highest BCUT2D eigenvalue weighted by atomic mass is 35.5. The van der Waals surface area contributed by atoms with E-state index in [1.54, 1.807) is 12.1 Å². The zero-order valence-electron chi connectivity index (χ0n) is 14.8. The van der Waals surface area contributed by atoms with Gasteiger partial charge in [-0.2, -0.15) is 0 Å². The third-order valence-corrected chi connectivity index (χ3v) is 4.61. The third kappa shape index (κ3) is 4.14. The van der Waals surface area contributed by atoms with Crippen molar-refractivity contribution < 1.29 is 14.3 Å². The molecule has 1 fully saturated rings. The molecule has 0 aromatic heterocycles. The van der Waals surface area contributed by atoms with E-state index in [2.05, 4.69) is 15.5 Å². The van der Waals surface area contributed by atoms with Crippen molar-refractivity contribution in [1.82, 2.24) is 0 Å². The summed E-state index contributed by atoms with van der Waals surface area (Å²) >= 11 is 6.08. The molecule has 2 N–H and O–H groups in total. The number of hydrogen-bond donors (Lipinski definition) is 2. The minimum atomic E-state index is -0.374. The summed E-state index contributed by atoms with van der Waals surface area (Å²) in [6.45, 7) is 2.18. The van der Waals surface area contributed by atoms with Crippen LogP contribution in [0, 0.1) is 0 Å². The van der Waals surface area contributed by atoms with Gasteiger partial charge in [-0.15, -0.1) is 0 Å². The fourth-order valence-electron chi connectivity index (χ4n) is 2.97. The van der Waals surface area contributed by atoms with Gasteiger partial charge in [0.1, 0.15) is 11.5 Å². The second-order valence-electron chi connectivity index (χ2n) is 6.01. The molecule has 0 unspecified atom stereocenters. The zero-order valence-corrected chi connectivity index (χ0v) is 15.6. The number of nitrogens with zero attached hydrogens (tertiary/aromatic N) is 1. The molecule has 138 valence electrons. The number of amides is 2. The molecule has 1 aliphatic rings. The first-order valence-electron chi connectivity index (χ1n) is 8.45. The van der Waals surface area contributed by atoms with E-state index >= 15 is 0 Å². The van der Waals surface area contributed by atoms with E-state index < -0.39 is 0 Å². The van der Waals surface area contributed by atoms with Crippen molar-refractivity contribution in [2.45, 2.75) is 12.8 Å². The molecule has 2 aromatic carbocycles. The average molecular weight is 376 g/mol. The van der Waals surface area contributed by atoms with E-state index in [9.17, 15) is 4.79 Å². The number of hydrogen-bond acceptors (Lipinski definition) is 4. The summed E-state index contributed by atoms with van der Waals surface area (Å²) in [6.07, 6.45) is 2.46. The van der Waals surface area contributed by atoms with Crippen molar-refractivity contribution >= 4 is 34.7 Å². The Hall–Kier alpha value is -2.60. The van der Waals surface area contributed by atoms with Crippen molar-refractivity contribution in [3.63, 3.8) is 0 Å². The van der Waals surface area contributed by atoms with Crippen LogP contribution in [0.4, 0.5) is 21.9 Å². The van der Waals surface area contributed by atoms with Crippen molar-refractivity contribution in [2.24, 2.45) is 0 Å². The maximum Gasteiger partial charge on any atom is 0.323 e. The maximum atomic E-state index is 12.3. The number of rotatable bonds is 5. The lowest BCUT2D eigenvalue weighted by Crippen LogP contribution is -2.20. The van der Waals surface area contributed by atoms with E-state index in [0.29, 0.717) is 27.9 Å². The molecule has 1 aliphatic heterocycles. The minimum absolute atomic E-state index is 0.374. The van der Waals surface area contributed by atoms with Crippen LogP contribution in [0.5, 0.6) is 11.5 Å². The van der Waals surface area contributed by atoms with Crippen LogP contribution < -0.4 is 25.0 Å². The Morgan fingerprint density at radius 1 is 1.00 bits per heavy atom. The quantitative estimate of drug-likeness (QED) is 0.801. The van der Waals surface area contributed by atoms with Gasteiger partial charge in [0.05, 0.1) is 24.9 Å². The van der Waals surface area contributed by atoms with Gasteiger partial charge in [-0.3, -0.25) is 0 Å². The van der Waals surface area contributed by atoms with E-state index in [1.165, 1.54) is 32.7 Å². The molecule has 2 amide bonds. The lowest BCUT2D eigenvalue weighted by Gasteiger charge is -2.18. The Bertz CT molecular complexity index is 774. The molecule has 2 aromatic rings. The summed E-state index contributed by atoms with van der Waals surface area (Å²) in [7, 11) is 3.03. The molecule has 0 radical (unpaired) electrons. The van der Waals surface area contributed by atoms with Gasteiger partial charge in [0.15, 0.2) is 0 Å². The highest BCUT2D eigenvalue weighted by Gasteiger charge is 2.14. The third-order valence-electron chi connectivity index (χ3n) is 4.32. The molecule has 1 saturated heterocycles. The van der Waals surface area contributed by atoms with Gasteiger partial charge < -0.3 is 25.0 Å². The molecule has 0 saturated carbocycles. The Kier molecular flexibility index (Phi) is 5.73. The van der Waals surface area contributed by atoms with Gasteiger partial charge in [-0.05, 0) is 37.1 Å². The van der Waals surface area contributed by atoms with Crippen molar-refractivity contribution in [2.75, 3.05) is 42.8 Å². The number of ether oxygens (including phenoxy) is 2. The van der Waals surface area contributed by atoms with Crippen LogP contribution >= 0.6 is 11.6 Å². The molecule has 6 nitrogen and oxygen atoms in total. The van der Waals surface area contributed by atoms with Gasteiger partial charge in [0.25, 0.3) is 0 Å². The Morgan fingerprint density at radius 2 is 1.65 bits per heavy atom. The van der Waals surface area contributed by atoms with Gasteiger partial charge in [-0.25, -0.2) is 4.79 Å². The topological polar surface area (TPSA) is 62.8 Å². The first-order valence-corrected chi connectivity index (χ1v) is 8.83. The fourth-order valence-corrected chi connectivity index (χ4v) is 3.20. The van der Waals surface area contributed by atoms with Crippen molar-refractivity contribution in [3.05, 3.63) is 41.4 Å². The number of nitrogens with one attached hydrogen (secondary N) is 2. The molecule has 1 heterocycles. The minimum Gasteiger partial charge on any atom is -0.495 e. The van der Waals surface area contributed by atoms with Gasteiger partial charge in [-0.1, -0.05) is 11.6 Å². The summed E-state index contributed by atoms with van der Waals surface area (Å²) in [6, 6.07) is 10.7. The molecule has 3 rings (SSSR count). The Balaban J connectivity index is 1.67. The molecule has 7 heteroatoms. The van der Waals surface area contributed by atoms with Crippen LogP contribution in [0.2, 0.25) is 5.02 Å². The lowest BCUT2D eigenvalue weighted by atomic mass is 10.2. The number of halogens is 1. The SMILES string of the molecule is COc1cc(NC(=O)Nc2ccc(N3CCCC3)cc2)c(OC)cc1Cl. The predicted molar refractivity (Wildman–Crippen MR) is 105 cm³/mol. The summed E-state index contributed by atoms with van der Waals surface area (Å²) in [5, 5.41) is 5.98. The molecular weight excluding hydrogens is 354 g/mol. The molecule has 0 bridgehead atoms. The smallest absolute Gasteiger partial charge is 0.323 e. The maximum absolute atomic E-state index is 12.3. The molecule has 0 spiro atoms. The highest BCUT2D eigenvalue weighted by Crippen LogP contribution is 2.36. The van der Waals surface area contributed by atoms with Crippen molar-refractivity contribution in [3.8, 4) is 11.5 Å². The molecular formula is C19H22ClN3O3. The number of anilines is 3. The van der Waals surface area contributed by atoms with E-state index in [4.69, 9.17) is 21.1 Å². The largest absolute Gasteiger partial charge is 0.495 e. The summed E-state index contributed by atoms with van der Waals surface area (Å²) < 4.78 is 10.4. The fraction of sp³-hybridized carbons (Fsp3) is 0.316. The Morgan fingerprint density at radius 3 is 2.27 bits per heavy atom. The second kappa shape index (κ2) is 8.19. The summed E-state index contributed by atoms with van der Waals surface area (Å²) in [5.41, 5.74) is 2.36. The number of carbonyl (C=O) groups is 1. The summed E-state index contributed by atoms with van der Waals surface area (Å²) in [4.78, 5) is 14.7. The first kappa shape index (κ1) is 18.2. The number of benzene rings is 2. The zero-order chi connectivity index (χ0) is 18.5. The Labute approximate surface area is 158 Å². The molecule has 0 aliphatic carbocycles. The average Bonchev–Trinajstić information content (AvgIpc) is 3.18. The van der Waals surface area contributed by atoms with Crippen LogP contribution in [0.15, 0.2) is 36.4 Å². The number of carbonyl (C=O) groups excluding carboxylic acids is 1. The van der Waals surface area contributed by atoms with Crippen molar-refractivity contribution in [1.29, 1.82) is 0 Å². The van der Waals surface area contributed by atoms with Gasteiger partial charge >= 0.3 is 6.03 Å². The predicted octanol–water partition coefficient (Wildman–Crippen LogP) is 4.60. The van der Waals surface area contributed by atoms with E-state index in [-0.39, 0.29) is 6.03 Å². The lowest BCUT2D eigenvalue weighted by molar-refractivity contribution is 0.262. The molecule has 26 heavy (non-hydrogen) atoms. The van der Waals surface area contributed by atoms with Gasteiger partial charge in [0, 0.05) is 36.6 Å². The number of urea groups is 1. The van der Waals surface area contributed by atoms with Gasteiger partial charge in [0.2, 0.25) is 0 Å². The highest BCUT2D eigenvalue weighted by molar-refractivity contribution is 6.32. The normalized spacial score (nSPS) is 13.4. The van der Waals surface area contributed by atoms with E-state index in [0.717, 1.165) is 13.1 Å². The molecule has 0 atom stereocenters. The van der Waals surface area contributed by atoms with Crippen LogP contribution in [-0.2, 0) is 0 Å². The number of methoxy groups -OCH3 is 2. The van der Waals surface area contributed by atoms with E-state index in [1.807, 2.05) is 24.3 Å². The van der Waals surface area contributed by atoms with Crippen LogP contribution in [0.1, 0.15) is 12.8 Å². The van der Waals surface area contributed by atoms with Crippen LogP contribution in [0.3, 0.4) is 0 Å². The standard InChI is InChI=1S/C19H22ClN3O3/c1-25-17-12-16(18(26-2)11-15(17)20)22-19(24)21-13-5-7-14(8-6-13)23-9-3-4-10-23/h5-8,11-12H,3-4,9-10H2,1-2H3,(H2,21,22,24). The second-order valence-corrected chi connectivity index (χ2v) is 6.41. The van der Waals surface area contributed by atoms with Crippen LogP contribution in [0.25, 0.3) is 0 Å². The van der Waals surface area contributed by atoms with Crippen LogP contribution in [-0.4, -0.2) is 33.3 Å².